The molecule has 0 radical (unpaired) electrons. The summed E-state index contributed by atoms with van der Waals surface area (Å²) in [6.45, 7) is 0. The second-order valence-corrected chi connectivity index (χ2v) is 5.65. The SMILES string of the molecule is CSC(Cc1ccccn1)(C(N)=S)c1ccccn1. The highest BCUT2D eigenvalue weighted by molar-refractivity contribution is 8.01. The summed E-state index contributed by atoms with van der Waals surface area (Å²) in [5.74, 6) is 0. The predicted octanol–water partition coefficient (Wildman–Crippen LogP) is 2.56. The zero-order valence-corrected chi connectivity index (χ0v) is 12.2. The van der Waals surface area contributed by atoms with Gasteiger partial charge in [0.25, 0.3) is 0 Å². The first-order valence-electron chi connectivity index (χ1n) is 5.85. The van der Waals surface area contributed by atoms with E-state index < -0.39 is 4.75 Å². The Morgan fingerprint density at radius 2 is 1.89 bits per heavy atom. The highest BCUT2D eigenvalue weighted by Crippen LogP contribution is 2.37. The summed E-state index contributed by atoms with van der Waals surface area (Å²) >= 11 is 6.90. The number of aromatic nitrogens is 2. The summed E-state index contributed by atoms with van der Waals surface area (Å²) in [4.78, 5) is 9.22. The van der Waals surface area contributed by atoms with Gasteiger partial charge in [0, 0.05) is 24.5 Å². The number of pyridine rings is 2. The van der Waals surface area contributed by atoms with Crippen molar-refractivity contribution in [3.63, 3.8) is 0 Å². The van der Waals surface area contributed by atoms with Crippen LogP contribution in [0.15, 0.2) is 48.8 Å². The first-order valence-corrected chi connectivity index (χ1v) is 7.49. The van der Waals surface area contributed by atoms with Crippen molar-refractivity contribution in [2.24, 2.45) is 5.73 Å². The molecule has 0 aliphatic heterocycles. The third kappa shape index (κ3) is 2.93. The Kier molecular flexibility index (Phi) is 4.50. The van der Waals surface area contributed by atoms with Gasteiger partial charge < -0.3 is 5.73 Å². The maximum Gasteiger partial charge on any atom is 0.113 e. The Balaban J connectivity index is 2.44. The van der Waals surface area contributed by atoms with Crippen molar-refractivity contribution in [3.05, 3.63) is 60.2 Å². The van der Waals surface area contributed by atoms with E-state index in [9.17, 15) is 0 Å². The van der Waals surface area contributed by atoms with Gasteiger partial charge in [0.15, 0.2) is 0 Å². The van der Waals surface area contributed by atoms with E-state index in [1.807, 2.05) is 42.7 Å². The van der Waals surface area contributed by atoms with Gasteiger partial charge in [-0.1, -0.05) is 24.4 Å². The number of nitrogens with two attached hydrogens (primary N) is 1. The lowest BCUT2D eigenvalue weighted by atomic mass is 9.97. The van der Waals surface area contributed by atoms with Crippen LogP contribution in [-0.4, -0.2) is 21.2 Å². The van der Waals surface area contributed by atoms with E-state index >= 15 is 0 Å². The van der Waals surface area contributed by atoms with Gasteiger partial charge in [-0.15, -0.1) is 11.8 Å². The molecular weight excluding hydrogens is 274 g/mol. The summed E-state index contributed by atoms with van der Waals surface area (Å²) in [6, 6.07) is 11.6. The molecule has 0 aliphatic rings. The zero-order valence-electron chi connectivity index (χ0n) is 10.6. The van der Waals surface area contributed by atoms with Gasteiger partial charge in [-0.25, -0.2) is 0 Å². The Bertz CT molecular complexity index is 545. The molecule has 1 atom stereocenters. The standard InChI is InChI=1S/C14H15N3S2/c1-19-14(13(15)18,12-7-3-5-9-17-12)10-11-6-2-4-8-16-11/h2-9H,10H2,1H3,(H2,15,18). The van der Waals surface area contributed by atoms with E-state index in [0.29, 0.717) is 11.4 Å². The first kappa shape index (κ1) is 14.0. The van der Waals surface area contributed by atoms with Crippen LogP contribution in [0.5, 0.6) is 0 Å². The van der Waals surface area contributed by atoms with Gasteiger partial charge in [-0.05, 0) is 30.5 Å². The average Bonchev–Trinajstić information content (AvgIpc) is 2.46. The Hall–Kier alpha value is -1.46. The number of hydrogen-bond donors (Lipinski definition) is 1. The monoisotopic (exact) mass is 289 g/mol. The molecule has 2 N–H and O–H groups in total. The Morgan fingerprint density at radius 3 is 2.37 bits per heavy atom. The molecule has 0 aromatic carbocycles. The van der Waals surface area contributed by atoms with Gasteiger partial charge in [-0.3, -0.25) is 9.97 Å². The van der Waals surface area contributed by atoms with E-state index in [4.69, 9.17) is 18.0 Å². The second kappa shape index (κ2) is 6.12. The fraction of sp³-hybridized carbons (Fsp3) is 0.214. The van der Waals surface area contributed by atoms with Crippen molar-refractivity contribution in [3.8, 4) is 0 Å². The maximum absolute atomic E-state index is 6.00. The fourth-order valence-electron chi connectivity index (χ4n) is 1.94. The van der Waals surface area contributed by atoms with Crippen LogP contribution in [0.25, 0.3) is 0 Å². The molecule has 2 heterocycles. The van der Waals surface area contributed by atoms with E-state index in [-0.39, 0.29) is 0 Å². The first-order chi connectivity index (χ1) is 9.19. The fourth-order valence-corrected chi connectivity index (χ4v) is 3.19. The van der Waals surface area contributed by atoms with Gasteiger partial charge in [0.05, 0.1) is 10.7 Å². The normalized spacial score (nSPS) is 13.7. The molecule has 5 heteroatoms. The van der Waals surface area contributed by atoms with Crippen LogP contribution in [0.1, 0.15) is 11.4 Å². The molecule has 0 aliphatic carbocycles. The van der Waals surface area contributed by atoms with Crippen LogP contribution in [0.3, 0.4) is 0 Å². The minimum absolute atomic E-state index is 0.435. The van der Waals surface area contributed by atoms with E-state index in [1.165, 1.54) is 0 Å². The van der Waals surface area contributed by atoms with Gasteiger partial charge in [-0.2, -0.15) is 0 Å². The highest BCUT2D eigenvalue weighted by atomic mass is 32.2. The largest absolute Gasteiger partial charge is 0.392 e. The molecule has 0 saturated heterocycles. The van der Waals surface area contributed by atoms with Crippen LogP contribution >= 0.6 is 24.0 Å². The molecule has 2 aromatic heterocycles. The number of thioether (sulfide) groups is 1. The van der Waals surface area contributed by atoms with Crippen LogP contribution in [0, 0.1) is 0 Å². The van der Waals surface area contributed by atoms with E-state index in [2.05, 4.69) is 9.97 Å². The summed E-state index contributed by atoms with van der Waals surface area (Å²) in [5, 5.41) is 0. The van der Waals surface area contributed by atoms with Crippen LogP contribution in [0.2, 0.25) is 0 Å². The van der Waals surface area contributed by atoms with Crippen molar-refractivity contribution in [1.29, 1.82) is 0 Å². The predicted molar refractivity (Wildman–Crippen MR) is 84.2 cm³/mol. The lowest BCUT2D eigenvalue weighted by Crippen LogP contribution is -2.39. The second-order valence-electron chi connectivity index (χ2n) is 4.11. The molecule has 1 unspecified atom stereocenters. The van der Waals surface area contributed by atoms with Gasteiger partial charge in [0.1, 0.15) is 4.75 Å². The van der Waals surface area contributed by atoms with Crippen LogP contribution in [-0.2, 0) is 11.2 Å². The molecule has 2 rings (SSSR count). The topological polar surface area (TPSA) is 51.8 Å². The average molecular weight is 289 g/mol. The smallest absolute Gasteiger partial charge is 0.113 e. The lowest BCUT2D eigenvalue weighted by Gasteiger charge is -2.30. The minimum Gasteiger partial charge on any atom is -0.392 e. The molecule has 0 amide bonds. The van der Waals surface area contributed by atoms with E-state index in [0.717, 1.165) is 11.4 Å². The van der Waals surface area contributed by atoms with E-state index in [1.54, 1.807) is 24.2 Å². The van der Waals surface area contributed by atoms with Crippen molar-refractivity contribution in [2.45, 2.75) is 11.2 Å². The molecular formula is C14H15N3S2. The zero-order chi connectivity index (χ0) is 13.7. The van der Waals surface area contributed by atoms with Crippen molar-refractivity contribution < 1.29 is 0 Å². The third-order valence-electron chi connectivity index (χ3n) is 2.98. The molecule has 19 heavy (non-hydrogen) atoms. The molecule has 0 fully saturated rings. The van der Waals surface area contributed by atoms with Crippen LogP contribution in [0.4, 0.5) is 0 Å². The summed E-state index contributed by atoms with van der Waals surface area (Å²) in [5.41, 5.74) is 7.83. The Labute approximate surface area is 122 Å². The molecule has 0 bridgehead atoms. The molecule has 0 saturated carbocycles. The number of nitrogens with zero attached hydrogens (tertiary/aromatic N) is 2. The molecule has 2 aromatic rings. The highest BCUT2D eigenvalue weighted by Gasteiger charge is 2.36. The lowest BCUT2D eigenvalue weighted by molar-refractivity contribution is 0.760. The summed E-state index contributed by atoms with van der Waals surface area (Å²) in [7, 11) is 0. The van der Waals surface area contributed by atoms with Gasteiger partial charge >= 0.3 is 0 Å². The van der Waals surface area contributed by atoms with Crippen molar-refractivity contribution >= 4 is 29.0 Å². The quantitative estimate of drug-likeness (QED) is 0.857. The van der Waals surface area contributed by atoms with Crippen LogP contribution < -0.4 is 5.73 Å². The number of thiocarbonyl (C=S) groups is 1. The molecule has 0 spiro atoms. The van der Waals surface area contributed by atoms with Crippen molar-refractivity contribution in [1.82, 2.24) is 9.97 Å². The number of rotatable bonds is 5. The number of hydrogen-bond acceptors (Lipinski definition) is 4. The Morgan fingerprint density at radius 1 is 1.21 bits per heavy atom. The van der Waals surface area contributed by atoms with Gasteiger partial charge in [0.2, 0.25) is 0 Å². The third-order valence-corrected chi connectivity index (χ3v) is 4.73. The molecule has 3 nitrogen and oxygen atoms in total. The molecule has 98 valence electrons. The minimum atomic E-state index is -0.509. The summed E-state index contributed by atoms with van der Waals surface area (Å²) in [6.07, 6.45) is 6.17. The van der Waals surface area contributed by atoms with Crippen molar-refractivity contribution in [2.75, 3.05) is 6.26 Å². The summed E-state index contributed by atoms with van der Waals surface area (Å²) < 4.78 is -0.509. The maximum atomic E-state index is 6.00.